The van der Waals surface area contributed by atoms with Crippen molar-refractivity contribution in [2.45, 2.75) is 0 Å². The molecular weight excluding hydrogens is 1300 g/mol. The molecule has 0 atom stereocenters. The van der Waals surface area contributed by atoms with Crippen molar-refractivity contribution >= 4 is 193 Å². The number of aromatic nitrogens is 4. The van der Waals surface area contributed by atoms with Gasteiger partial charge < -0.3 is 18.3 Å². The van der Waals surface area contributed by atoms with Gasteiger partial charge >= 0.3 is 0 Å². The number of nitrogens with zero attached hydrogens (tertiary/aromatic N) is 6. The molecule has 0 unspecified atom stereocenters. The second-order valence-electron chi connectivity index (χ2n) is 27.5. The number of benzene rings is 17. The summed E-state index contributed by atoms with van der Waals surface area (Å²) >= 11 is 3.56. The van der Waals surface area contributed by atoms with E-state index in [0.717, 1.165) is 171 Å². The molecule has 0 aliphatic heterocycles. The van der Waals surface area contributed by atoms with Crippen LogP contribution in [-0.4, -0.2) is 18.3 Å². The quantitative estimate of drug-likeness (QED) is 0.156. The fourth-order valence-electron chi connectivity index (χ4n) is 18.1. The van der Waals surface area contributed by atoms with Crippen LogP contribution in [-0.2, 0) is 0 Å². The molecule has 0 aliphatic carbocycles. The van der Waals surface area contributed by atoms with Crippen molar-refractivity contribution in [3.63, 3.8) is 0 Å². The summed E-state index contributed by atoms with van der Waals surface area (Å²) in [6.45, 7) is 0. The SMILES string of the molecule is N#Cc1c(-n2c3ccccc3c3ccccc32)c(-n2c3cc(-c4cc5ccccc5c5ccccc45)ccc3c3ccc4c5ccccc5sc4c32)c(C#N)c(-n2c3ccccc3c3ccccc32)c1-n1c2cc(-c3cc4ccccc4c4ccccc34)ccc2c2ccc3c4ccccc4sc3c21. The summed E-state index contributed by atoms with van der Waals surface area (Å²) in [5, 5.41) is 49.5. The Bertz CT molecular complexity index is 7330. The zero-order valence-corrected chi connectivity index (χ0v) is 57.2. The molecule has 478 valence electrons. The molecule has 23 aromatic rings. The fourth-order valence-corrected chi connectivity index (χ4v) is 20.5. The lowest BCUT2D eigenvalue weighted by molar-refractivity contribution is 1.03. The highest BCUT2D eigenvalue weighted by Gasteiger charge is 2.36. The predicted molar refractivity (Wildman–Crippen MR) is 440 cm³/mol. The van der Waals surface area contributed by atoms with Crippen molar-refractivity contribution in [2.24, 2.45) is 0 Å². The molecule has 17 aromatic carbocycles. The Hall–Kier alpha value is -13.6. The number of hydrogen-bond donors (Lipinski definition) is 0. The van der Waals surface area contributed by atoms with Gasteiger partial charge in [-0.3, -0.25) is 0 Å². The normalized spacial score (nSPS) is 12.2. The van der Waals surface area contributed by atoms with Crippen molar-refractivity contribution in [2.75, 3.05) is 0 Å². The lowest BCUT2D eigenvalue weighted by Crippen LogP contribution is -2.16. The van der Waals surface area contributed by atoms with Crippen LogP contribution in [0.5, 0.6) is 0 Å². The lowest BCUT2D eigenvalue weighted by Gasteiger charge is -2.27. The molecule has 0 bridgehead atoms. The molecule has 6 aromatic heterocycles. The van der Waals surface area contributed by atoms with Gasteiger partial charge in [0.2, 0.25) is 0 Å². The highest BCUT2D eigenvalue weighted by atomic mass is 32.1. The van der Waals surface area contributed by atoms with Crippen LogP contribution in [0.3, 0.4) is 0 Å². The van der Waals surface area contributed by atoms with Crippen LogP contribution < -0.4 is 0 Å². The van der Waals surface area contributed by atoms with Crippen molar-refractivity contribution < 1.29 is 0 Å². The monoisotopic (exact) mass is 1350 g/mol. The zero-order chi connectivity index (χ0) is 68.2. The van der Waals surface area contributed by atoms with Gasteiger partial charge in [0.05, 0.1) is 76.3 Å². The van der Waals surface area contributed by atoms with Gasteiger partial charge in [-0.2, -0.15) is 10.5 Å². The van der Waals surface area contributed by atoms with E-state index in [1.165, 1.54) is 21.5 Å². The first-order valence-corrected chi connectivity index (χ1v) is 36.8. The van der Waals surface area contributed by atoms with Gasteiger partial charge in [0.25, 0.3) is 0 Å². The third-order valence-corrected chi connectivity index (χ3v) is 24.8. The summed E-state index contributed by atoms with van der Waals surface area (Å²) in [6, 6.07) is 121. The van der Waals surface area contributed by atoms with E-state index < -0.39 is 0 Å². The number of hydrogen-bond acceptors (Lipinski definition) is 4. The topological polar surface area (TPSA) is 67.3 Å². The summed E-state index contributed by atoms with van der Waals surface area (Å²) in [6.07, 6.45) is 0. The Morgan fingerprint density at radius 3 is 0.894 bits per heavy atom. The predicted octanol–water partition coefficient (Wildman–Crippen LogP) is 26.5. The highest BCUT2D eigenvalue weighted by Crippen LogP contribution is 2.54. The number of rotatable bonds is 6. The summed E-state index contributed by atoms with van der Waals surface area (Å²) in [7, 11) is 0. The molecule has 0 N–H and O–H groups in total. The van der Waals surface area contributed by atoms with Crippen LogP contribution >= 0.6 is 22.7 Å². The lowest BCUT2D eigenvalue weighted by atomic mass is 9.93. The molecule has 6 heterocycles. The molecule has 0 radical (unpaired) electrons. The molecule has 0 aliphatic rings. The maximum Gasteiger partial charge on any atom is 0.104 e. The largest absolute Gasteiger partial charge is 0.306 e. The molecule has 0 saturated carbocycles. The van der Waals surface area contributed by atoms with Gasteiger partial charge in [0, 0.05) is 74.0 Å². The van der Waals surface area contributed by atoms with Gasteiger partial charge in [-0.15, -0.1) is 22.7 Å². The molecule has 0 amide bonds. The Morgan fingerprint density at radius 2 is 0.510 bits per heavy atom. The van der Waals surface area contributed by atoms with Crippen molar-refractivity contribution in [3.8, 4) is 57.1 Å². The van der Waals surface area contributed by atoms with E-state index in [-0.39, 0.29) is 0 Å². The third-order valence-electron chi connectivity index (χ3n) is 22.4. The summed E-state index contributed by atoms with van der Waals surface area (Å²) < 4.78 is 14.0. The first-order chi connectivity index (χ1) is 51.6. The fraction of sp³-hybridized carbons (Fsp3) is 0. The third kappa shape index (κ3) is 7.69. The summed E-state index contributed by atoms with van der Waals surface area (Å²) in [5.41, 5.74) is 14.8. The van der Waals surface area contributed by atoms with Crippen LogP contribution in [0, 0.1) is 22.7 Å². The first-order valence-electron chi connectivity index (χ1n) is 35.2. The average molecular weight is 1350 g/mol. The number of para-hydroxylation sites is 4. The van der Waals surface area contributed by atoms with Crippen LogP contribution in [0.1, 0.15) is 11.1 Å². The van der Waals surface area contributed by atoms with E-state index in [1.54, 1.807) is 22.7 Å². The molecule has 6 nitrogen and oxygen atoms in total. The minimum absolute atomic E-state index is 0.399. The van der Waals surface area contributed by atoms with E-state index in [9.17, 15) is 10.5 Å². The maximum atomic E-state index is 13.7. The molecule has 0 fully saturated rings. The molecule has 104 heavy (non-hydrogen) atoms. The van der Waals surface area contributed by atoms with Crippen LogP contribution in [0.15, 0.2) is 315 Å². The van der Waals surface area contributed by atoms with Crippen molar-refractivity contribution in [3.05, 3.63) is 327 Å². The molecule has 8 heteroatoms. The van der Waals surface area contributed by atoms with Crippen molar-refractivity contribution in [1.82, 2.24) is 18.3 Å². The van der Waals surface area contributed by atoms with Crippen LogP contribution in [0.4, 0.5) is 0 Å². The second kappa shape index (κ2) is 21.5. The Balaban J connectivity index is 0.989. The summed E-state index contributed by atoms with van der Waals surface area (Å²) in [5.74, 6) is 0. The number of nitriles is 2. The molecule has 23 rings (SSSR count). The van der Waals surface area contributed by atoms with Gasteiger partial charge in [0.15, 0.2) is 0 Å². The highest BCUT2D eigenvalue weighted by molar-refractivity contribution is 7.27. The Morgan fingerprint density at radius 1 is 0.221 bits per heavy atom. The van der Waals surface area contributed by atoms with Gasteiger partial charge in [0.1, 0.15) is 23.3 Å². The summed E-state index contributed by atoms with van der Waals surface area (Å²) in [4.78, 5) is 0. The second-order valence-corrected chi connectivity index (χ2v) is 29.6. The van der Waals surface area contributed by atoms with Gasteiger partial charge in [-0.1, -0.05) is 255 Å². The minimum Gasteiger partial charge on any atom is -0.306 e. The smallest absolute Gasteiger partial charge is 0.104 e. The average Bonchev–Trinajstić information content (AvgIpc) is 1.50. The first kappa shape index (κ1) is 57.2. The number of fused-ring (bicyclic) bond motifs is 26. The van der Waals surface area contributed by atoms with E-state index in [4.69, 9.17) is 0 Å². The maximum absolute atomic E-state index is 13.7. The van der Waals surface area contributed by atoms with Gasteiger partial charge in [-0.05, 0) is 126 Å². The van der Waals surface area contributed by atoms with Gasteiger partial charge in [-0.25, -0.2) is 0 Å². The number of thiophene rings is 2. The Kier molecular flexibility index (Phi) is 11.8. The zero-order valence-electron chi connectivity index (χ0n) is 55.5. The van der Waals surface area contributed by atoms with Crippen molar-refractivity contribution in [1.29, 1.82) is 10.5 Å². The molecule has 0 spiro atoms. The van der Waals surface area contributed by atoms with E-state index in [0.29, 0.717) is 33.9 Å². The van der Waals surface area contributed by atoms with Crippen LogP contribution in [0.25, 0.3) is 216 Å². The van der Waals surface area contributed by atoms with E-state index >= 15 is 0 Å². The molecular formula is C96H52N6S2. The van der Waals surface area contributed by atoms with Crippen LogP contribution in [0.2, 0.25) is 0 Å². The molecule has 0 saturated heterocycles. The van der Waals surface area contributed by atoms with E-state index in [1.807, 2.05) is 0 Å². The minimum atomic E-state index is 0.399. The Labute approximate surface area is 601 Å². The van der Waals surface area contributed by atoms with E-state index in [2.05, 4.69) is 346 Å². The standard InChI is InChI=1S/C96H52N6S2/c97-53-79-90(100-83-37-17-11-31-67(83)68-32-12-18-38-84(68)100)92(102-86-52-58(78-50-56-22-2-4-24-60(56)62-26-6-8-28-64(62)78)42-44-70(86)74-46-48-76-72-34-14-20-40-88(72)104-96(76)94(74)102)80(54-98)89(99-81-35-15-9-29-65(81)66-30-10-16-36-82(66)99)91(79)101-85-51-57(77-49-55-21-1-3-23-59(55)61-25-5-7-27-63(61)77)41-43-69(85)73-45-47-75-71-33-13-19-39-87(71)103-95(75)93(73)101/h1-52H.